The number of nitrogens with zero attached hydrogens (tertiary/aromatic N) is 3. The molecule has 0 bridgehead atoms. The number of rotatable bonds is 7. The highest BCUT2D eigenvalue weighted by Gasteiger charge is 2.34. The van der Waals surface area contributed by atoms with Crippen LogP contribution in [0.4, 0.5) is 25.0 Å². The minimum atomic E-state index is -0.825. The SMILES string of the molecule is CC(=O)CCC(=O)N1CCN(c2c(F)cc(N3CC(CNC(C)=O)OC3=O)cc2F)CC1. The lowest BCUT2D eigenvalue weighted by Gasteiger charge is -2.36. The van der Waals surface area contributed by atoms with Crippen LogP contribution in [0.15, 0.2) is 12.1 Å². The molecule has 1 unspecified atom stereocenters. The number of carbonyl (C=O) groups excluding carboxylic acids is 4. The predicted octanol–water partition coefficient (Wildman–Crippen LogP) is 1.44. The van der Waals surface area contributed by atoms with Crippen LogP contribution in [-0.4, -0.2) is 74.0 Å². The van der Waals surface area contributed by atoms with E-state index in [0.717, 1.165) is 17.0 Å². The number of carbonyl (C=O) groups is 4. The summed E-state index contributed by atoms with van der Waals surface area (Å²) in [5, 5.41) is 2.54. The van der Waals surface area contributed by atoms with Gasteiger partial charge in [0.15, 0.2) is 11.6 Å². The largest absolute Gasteiger partial charge is 0.442 e. The molecule has 3 rings (SSSR count). The van der Waals surface area contributed by atoms with Crippen molar-refractivity contribution in [2.45, 2.75) is 32.8 Å². The number of halogens is 2. The number of cyclic esters (lactones) is 1. The maximum Gasteiger partial charge on any atom is 0.414 e. The lowest BCUT2D eigenvalue weighted by molar-refractivity contribution is -0.133. The number of amides is 3. The van der Waals surface area contributed by atoms with Gasteiger partial charge in [0, 0.05) is 58.1 Å². The second-order valence-corrected chi connectivity index (χ2v) is 7.88. The fraction of sp³-hybridized carbons (Fsp3) is 0.524. The Morgan fingerprint density at radius 3 is 2.25 bits per heavy atom. The maximum absolute atomic E-state index is 14.9. The highest BCUT2D eigenvalue weighted by molar-refractivity contribution is 5.90. The fourth-order valence-electron chi connectivity index (χ4n) is 3.73. The number of ketones is 1. The molecule has 1 aromatic carbocycles. The standard InChI is InChI=1S/C21H26F2N4O5/c1-13(28)3-4-19(30)25-5-7-26(8-6-25)20-17(22)9-15(10-18(20)23)27-12-16(32-21(27)31)11-24-14(2)29/h9-10,16H,3-8,11-12H2,1-2H3,(H,24,29). The van der Waals surface area contributed by atoms with Gasteiger partial charge in [-0.15, -0.1) is 0 Å². The molecule has 0 aliphatic carbocycles. The Bertz CT molecular complexity index is 894. The van der Waals surface area contributed by atoms with Crippen molar-refractivity contribution in [1.29, 1.82) is 0 Å². The summed E-state index contributed by atoms with van der Waals surface area (Å²) < 4.78 is 34.8. The number of hydrogen-bond donors (Lipinski definition) is 1. The second-order valence-electron chi connectivity index (χ2n) is 7.88. The molecule has 2 fully saturated rings. The molecule has 2 saturated heterocycles. The number of piperazine rings is 1. The van der Waals surface area contributed by atoms with Gasteiger partial charge in [-0.1, -0.05) is 0 Å². The van der Waals surface area contributed by atoms with Crippen molar-refractivity contribution in [3.8, 4) is 0 Å². The van der Waals surface area contributed by atoms with E-state index >= 15 is 0 Å². The summed E-state index contributed by atoms with van der Waals surface area (Å²) in [7, 11) is 0. The van der Waals surface area contributed by atoms with Crippen LogP contribution in [-0.2, 0) is 19.1 Å². The van der Waals surface area contributed by atoms with Crippen molar-refractivity contribution in [3.05, 3.63) is 23.8 Å². The molecule has 0 aromatic heterocycles. The third-order valence-electron chi connectivity index (χ3n) is 5.41. The average molecular weight is 452 g/mol. The first-order chi connectivity index (χ1) is 15.2. The third kappa shape index (κ3) is 5.51. The van der Waals surface area contributed by atoms with Crippen molar-refractivity contribution < 1.29 is 32.7 Å². The molecular weight excluding hydrogens is 426 g/mol. The van der Waals surface area contributed by atoms with Crippen molar-refractivity contribution in [2.75, 3.05) is 49.1 Å². The summed E-state index contributed by atoms with van der Waals surface area (Å²) in [6, 6.07) is 2.15. The van der Waals surface area contributed by atoms with E-state index in [1.807, 2.05) is 0 Å². The van der Waals surface area contributed by atoms with Crippen LogP contribution in [0.1, 0.15) is 26.7 Å². The van der Waals surface area contributed by atoms with E-state index in [4.69, 9.17) is 4.74 Å². The van der Waals surface area contributed by atoms with Gasteiger partial charge < -0.3 is 24.6 Å². The van der Waals surface area contributed by atoms with Crippen LogP contribution in [0.25, 0.3) is 0 Å². The normalized spacial score (nSPS) is 18.6. The van der Waals surface area contributed by atoms with Gasteiger partial charge in [-0.05, 0) is 6.92 Å². The summed E-state index contributed by atoms with van der Waals surface area (Å²) >= 11 is 0. The summed E-state index contributed by atoms with van der Waals surface area (Å²) in [4.78, 5) is 50.6. The van der Waals surface area contributed by atoms with Gasteiger partial charge in [-0.3, -0.25) is 14.5 Å². The zero-order chi connectivity index (χ0) is 23.4. The lowest BCUT2D eigenvalue weighted by atomic mass is 10.1. The van der Waals surface area contributed by atoms with Gasteiger partial charge in [-0.2, -0.15) is 0 Å². The van der Waals surface area contributed by atoms with Gasteiger partial charge in [0.1, 0.15) is 17.6 Å². The second kappa shape index (κ2) is 9.92. The Hall–Kier alpha value is -3.24. The highest BCUT2D eigenvalue weighted by atomic mass is 19.1. The van der Waals surface area contributed by atoms with Crippen LogP contribution in [0.2, 0.25) is 0 Å². The molecule has 0 saturated carbocycles. The van der Waals surface area contributed by atoms with Crippen molar-refractivity contribution >= 4 is 35.1 Å². The smallest absolute Gasteiger partial charge is 0.414 e. The van der Waals surface area contributed by atoms with E-state index in [1.165, 1.54) is 18.7 Å². The monoisotopic (exact) mass is 452 g/mol. The Balaban J connectivity index is 1.64. The Labute approximate surface area is 184 Å². The van der Waals surface area contributed by atoms with Crippen LogP contribution < -0.4 is 15.1 Å². The summed E-state index contributed by atoms with van der Waals surface area (Å²) in [6.45, 7) is 3.98. The molecule has 11 heteroatoms. The van der Waals surface area contributed by atoms with E-state index in [0.29, 0.717) is 13.1 Å². The molecule has 0 spiro atoms. The quantitative estimate of drug-likeness (QED) is 0.672. The Morgan fingerprint density at radius 1 is 1.06 bits per heavy atom. The number of Topliss-reactive ketones (excluding diaryl/α,β-unsaturated/α-hetero) is 1. The first-order valence-corrected chi connectivity index (χ1v) is 10.4. The van der Waals surface area contributed by atoms with Crippen molar-refractivity contribution in [2.24, 2.45) is 0 Å². The van der Waals surface area contributed by atoms with Crippen LogP contribution in [0.5, 0.6) is 0 Å². The zero-order valence-corrected chi connectivity index (χ0v) is 18.0. The van der Waals surface area contributed by atoms with Crippen molar-refractivity contribution in [3.63, 3.8) is 0 Å². The van der Waals surface area contributed by atoms with Gasteiger partial charge in [0.2, 0.25) is 11.8 Å². The summed E-state index contributed by atoms with van der Waals surface area (Å²) in [5.41, 5.74) is -0.191. The van der Waals surface area contributed by atoms with E-state index in [2.05, 4.69) is 5.32 Å². The number of nitrogens with one attached hydrogen (secondary N) is 1. The van der Waals surface area contributed by atoms with E-state index in [9.17, 15) is 28.0 Å². The molecule has 2 aliphatic rings. The topological polar surface area (TPSA) is 99.3 Å². The summed E-state index contributed by atoms with van der Waals surface area (Å²) in [6.07, 6.45) is -1.06. The Kier molecular flexibility index (Phi) is 7.26. The summed E-state index contributed by atoms with van der Waals surface area (Å²) in [5.74, 6) is -2.15. The van der Waals surface area contributed by atoms with Gasteiger partial charge in [-0.25, -0.2) is 13.6 Å². The lowest BCUT2D eigenvalue weighted by Crippen LogP contribution is -2.49. The number of anilines is 2. The molecular formula is C21H26F2N4O5. The zero-order valence-electron chi connectivity index (χ0n) is 18.0. The minimum absolute atomic E-state index is 0.0251. The van der Waals surface area contributed by atoms with Gasteiger partial charge >= 0.3 is 6.09 Å². The van der Waals surface area contributed by atoms with E-state index in [-0.39, 0.29) is 68.0 Å². The molecule has 1 atom stereocenters. The molecule has 2 heterocycles. The average Bonchev–Trinajstić information content (AvgIpc) is 3.11. The van der Waals surface area contributed by atoms with Crippen LogP contribution in [0.3, 0.4) is 0 Å². The van der Waals surface area contributed by atoms with E-state index in [1.54, 1.807) is 4.90 Å². The minimum Gasteiger partial charge on any atom is -0.442 e. The number of hydrogen-bond acceptors (Lipinski definition) is 6. The third-order valence-corrected chi connectivity index (χ3v) is 5.41. The van der Waals surface area contributed by atoms with Crippen molar-refractivity contribution in [1.82, 2.24) is 10.2 Å². The Morgan fingerprint density at radius 2 is 1.69 bits per heavy atom. The molecule has 3 amide bonds. The van der Waals surface area contributed by atoms with Gasteiger partial charge in [0.05, 0.1) is 18.8 Å². The first-order valence-electron chi connectivity index (χ1n) is 10.4. The molecule has 174 valence electrons. The fourth-order valence-corrected chi connectivity index (χ4v) is 3.73. The molecule has 2 aliphatic heterocycles. The molecule has 1 aromatic rings. The van der Waals surface area contributed by atoms with Crippen LogP contribution in [0, 0.1) is 11.6 Å². The number of benzene rings is 1. The van der Waals surface area contributed by atoms with Crippen LogP contribution >= 0.6 is 0 Å². The molecule has 0 radical (unpaired) electrons. The molecule has 1 N–H and O–H groups in total. The highest BCUT2D eigenvalue weighted by Crippen LogP contribution is 2.31. The van der Waals surface area contributed by atoms with E-state index < -0.39 is 23.8 Å². The maximum atomic E-state index is 14.9. The van der Waals surface area contributed by atoms with Gasteiger partial charge in [0.25, 0.3) is 0 Å². The predicted molar refractivity (Wildman–Crippen MR) is 111 cm³/mol. The molecule has 32 heavy (non-hydrogen) atoms. The first kappa shape index (κ1) is 23.4. The molecule has 9 nitrogen and oxygen atoms in total. The number of ether oxygens (including phenoxy) is 1.